The van der Waals surface area contributed by atoms with Crippen LogP contribution in [0.4, 0.5) is 0 Å². The minimum absolute atomic E-state index is 0.154. The van der Waals surface area contributed by atoms with Gasteiger partial charge in [0.1, 0.15) is 0 Å². The van der Waals surface area contributed by atoms with Crippen LogP contribution in [0, 0.1) is 0 Å². The summed E-state index contributed by atoms with van der Waals surface area (Å²) in [6, 6.07) is 7.40. The third-order valence-corrected chi connectivity index (χ3v) is 3.14. The van der Waals surface area contributed by atoms with E-state index in [9.17, 15) is 9.59 Å². The number of carboxylic acids is 1. The van der Waals surface area contributed by atoms with Gasteiger partial charge >= 0.3 is 5.97 Å². The second-order valence-corrected chi connectivity index (χ2v) is 5.20. The zero-order chi connectivity index (χ0) is 16.2. The Morgan fingerprint density at radius 1 is 1.09 bits per heavy atom. The molecule has 0 heterocycles. The van der Waals surface area contributed by atoms with Gasteiger partial charge in [0.15, 0.2) is 0 Å². The van der Waals surface area contributed by atoms with Crippen LogP contribution in [-0.4, -0.2) is 23.5 Å². The van der Waals surface area contributed by atoms with Crippen LogP contribution in [-0.2, 0) is 9.59 Å². The van der Waals surface area contributed by atoms with Crippen molar-refractivity contribution in [2.75, 3.05) is 6.54 Å². The number of hydrogen-bond donors (Lipinski definition) is 2. The SMILES string of the molecule is O=C(O)CCCCCNC(=O)/C=C\C=C\c1ccc(Cl)cc1. The highest BCUT2D eigenvalue weighted by Crippen LogP contribution is 2.10. The van der Waals surface area contributed by atoms with E-state index in [0.717, 1.165) is 18.4 Å². The first-order valence-electron chi connectivity index (χ1n) is 7.18. The summed E-state index contributed by atoms with van der Waals surface area (Å²) in [5, 5.41) is 11.9. The summed E-state index contributed by atoms with van der Waals surface area (Å²) >= 11 is 5.79. The smallest absolute Gasteiger partial charge is 0.303 e. The van der Waals surface area contributed by atoms with Gasteiger partial charge in [-0.15, -0.1) is 0 Å². The summed E-state index contributed by atoms with van der Waals surface area (Å²) in [4.78, 5) is 21.8. The van der Waals surface area contributed by atoms with Gasteiger partial charge in [-0.3, -0.25) is 9.59 Å². The Morgan fingerprint density at radius 3 is 2.50 bits per heavy atom. The van der Waals surface area contributed by atoms with Crippen molar-refractivity contribution in [3.63, 3.8) is 0 Å². The van der Waals surface area contributed by atoms with E-state index in [1.54, 1.807) is 12.2 Å². The minimum atomic E-state index is -0.778. The van der Waals surface area contributed by atoms with Gasteiger partial charge in [0.2, 0.25) is 5.91 Å². The molecule has 1 aromatic rings. The van der Waals surface area contributed by atoms with Crippen LogP contribution in [0.3, 0.4) is 0 Å². The van der Waals surface area contributed by atoms with E-state index in [1.165, 1.54) is 6.08 Å². The molecule has 1 rings (SSSR count). The lowest BCUT2D eigenvalue weighted by atomic mass is 10.2. The van der Waals surface area contributed by atoms with Crippen molar-refractivity contribution in [1.82, 2.24) is 5.32 Å². The molecular formula is C17H20ClNO3. The molecule has 4 nitrogen and oxygen atoms in total. The number of halogens is 1. The van der Waals surface area contributed by atoms with Gasteiger partial charge in [-0.2, -0.15) is 0 Å². The summed E-state index contributed by atoms with van der Waals surface area (Å²) in [5.41, 5.74) is 1.01. The molecule has 0 radical (unpaired) electrons. The number of carboxylic acid groups (broad SMARTS) is 1. The Kier molecular flexibility index (Phi) is 8.69. The number of allylic oxidation sites excluding steroid dienone is 2. The molecule has 0 aromatic heterocycles. The lowest BCUT2D eigenvalue weighted by Gasteiger charge is -2.01. The van der Waals surface area contributed by atoms with Gasteiger partial charge in [0.25, 0.3) is 0 Å². The molecule has 0 bridgehead atoms. The van der Waals surface area contributed by atoms with Crippen LogP contribution < -0.4 is 5.32 Å². The molecule has 0 aliphatic heterocycles. The molecular weight excluding hydrogens is 302 g/mol. The summed E-state index contributed by atoms with van der Waals surface area (Å²) in [6.07, 6.45) is 9.22. The second kappa shape index (κ2) is 10.6. The molecule has 1 aromatic carbocycles. The van der Waals surface area contributed by atoms with Crippen LogP contribution in [0.1, 0.15) is 31.2 Å². The van der Waals surface area contributed by atoms with Crippen LogP contribution in [0.5, 0.6) is 0 Å². The second-order valence-electron chi connectivity index (χ2n) is 4.77. The maximum Gasteiger partial charge on any atom is 0.303 e. The Bertz CT molecular complexity index is 535. The van der Waals surface area contributed by atoms with E-state index in [2.05, 4.69) is 5.32 Å². The molecule has 0 spiro atoms. The highest BCUT2D eigenvalue weighted by Gasteiger charge is 1.97. The number of unbranched alkanes of at least 4 members (excludes halogenated alkanes) is 2. The monoisotopic (exact) mass is 321 g/mol. The van der Waals surface area contributed by atoms with E-state index in [1.807, 2.05) is 30.3 Å². The summed E-state index contributed by atoms with van der Waals surface area (Å²) in [5.74, 6) is -0.932. The number of aliphatic carboxylic acids is 1. The van der Waals surface area contributed by atoms with Gasteiger partial charge < -0.3 is 10.4 Å². The van der Waals surface area contributed by atoms with Gasteiger partial charge in [0.05, 0.1) is 0 Å². The normalized spacial score (nSPS) is 11.1. The molecule has 0 aliphatic rings. The molecule has 22 heavy (non-hydrogen) atoms. The Balaban J connectivity index is 2.16. The average Bonchev–Trinajstić information content (AvgIpc) is 2.49. The lowest BCUT2D eigenvalue weighted by molar-refractivity contribution is -0.137. The number of hydrogen-bond acceptors (Lipinski definition) is 2. The number of amides is 1. The fraction of sp³-hybridized carbons (Fsp3) is 0.294. The first kappa shape index (κ1) is 18.0. The predicted molar refractivity (Wildman–Crippen MR) is 88.7 cm³/mol. The van der Waals surface area contributed by atoms with Crippen LogP contribution in [0.2, 0.25) is 5.02 Å². The molecule has 5 heteroatoms. The topological polar surface area (TPSA) is 66.4 Å². The van der Waals surface area contributed by atoms with E-state index in [-0.39, 0.29) is 12.3 Å². The fourth-order valence-corrected chi connectivity index (χ4v) is 1.86. The molecule has 0 saturated heterocycles. The van der Waals surface area contributed by atoms with Crippen LogP contribution in [0.15, 0.2) is 42.5 Å². The van der Waals surface area contributed by atoms with Crippen molar-refractivity contribution >= 4 is 29.6 Å². The summed E-state index contributed by atoms with van der Waals surface area (Å²) in [6.45, 7) is 0.559. The molecule has 1 amide bonds. The molecule has 0 unspecified atom stereocenters. The van der Waals surface area contributed by atoms with E-state index >= 15 is 0 Å². The van der Waals surface area contributed by atoms with Crippen molar-refractivity contribution in [2.24, 2.45) is 0 Å². The first-order chi connectivity index (χ1) is 10.6. The van der Waals surface area contributed by atoms with Crippen molar-refractivity contribution in [2.45, 2.75) is 25.7 Å². The molecule has 2 N–H and O–H groups in total. The van der Waals surface area contributed by atoms with Gasteiger partial charge in [0, 0.05) is 24.1 Å². The summed E-state index contributed by atoms with van der Waals surface area (Å²) < 4.78 is 0. The number of rotatable bonds is 9. The fourth-order valence-electron chi connectivity index (χ4n) is 1.73. The highest BCUT2D eigenvalue weighted by molar-refractivity contribution is 6.30. The van der Waals surface area contributed by atoms with Crippen molar-refractivity contribution < 1.29 is 14.7 Å². The predicted octanol–water partition coefficient (Wildman–Crippen LogP) is 3.67. The average molecular weight is 322 g/mol. The minimum Gasteiger partial charge on any atom is -0.481 e. The third kappa shape index (κ3) is 8.97. The van der Waals surface area contributed by atoms with Crippen molar-refractivity contribution in [1.29, 1.82) is 0 Å². The highest BCUT2D eigenvalue weighted by atomic mass is 35.5. The van der Waals surface area contributed by atoms with E-state index in [4.69, 9.17) is 16.7 Å². The molecule has 0 atom stereocenters. The van der Waals surface area contributed by atoms with Crippen LogP contribution >= 0.6 is 11.6 Å². The van der Waals surface area contributed by atoms with Gasteiger partial charge in [-0.05, 0) is 30.5 Å². The van der Waals surface area contributed by atoms with Crippen molar-refractivity contribution in [3.05, 3.63) is 53.1 Å². The Hall–Kier alpha value is -2.07. The number of carbonyl (C=O) groups excluding carboxylic acids is 1. The zero-order valence-electron chi connectivity index (χ0n) is 12.3. The number of nitrogens with one attached hydrogen (secondary N) is 1. The largest absolute Gasteiger partial charge is 0.481 e. The standard InChI is InChI=1S/C17H20ClNO3/c18-15-11-9-14(10-12-15)6-3-4-7-16(20)19-13-5-1-2-8-17(21)22/h3-4,6-7,9-12H,1-2,5,8,13H2,(H,19,20)(H,21,22)/b6-3+,7-4-. The Morgan fingerprint density at radius 2 is 1.82 bits per heavy atom. The third-order valence-electron chi connectivity index (χ3n) is 2.88. The van der Waals surface area contributed by atoms with Crippen molar-refractivity contribution in [3.8, 4) is 0 Å². The molecule has 118 valence electrons. The quantitative estimate of drug-likeness (QED) is 0.414. The van der Waals surface area contributed by atoms with Gasteiger partial charge in [-0.1, -0.05) is 48.4 Å². The lowest BCUT2D eigenvalue weighted by Crippen LogP contribution is -2.21. The van der Waals surface area contributed by atoms with Crippen LogP contribution in [0.25, 0.3) is 6.08 Å². The number of benzene rings is 1. The Labute approximate surface area is 135 Å². The number of carbonyl (C=O) groups is 2. The summed E-state index contributed by atoms with van der Waals surface area (Å²) in [7, 11) is 0. The molecule has 0 fully saturated rings. The van der Waals surface area contributed by atoms with E-state index in [0.29, 0.717) is 18.0 Å². The maximum absolute atomic E-state index is 11.5. The molecule has 0 aliphatic carbocycles. The van der Waals surface area contributed by atoms with Gasteiger partial charge in [-0.25, -0.2) is 0 Å². The zero-order valence-corrected chi connectivity index (χ0v) is 13.1. The molecule has 0 saturated carbocycles. The van der Waals surface area contributed by atoms with E-state index < -0.39 is 5.97 Å². The first-order valence-corrected chi connectivity index (χ1v) is 7.55. The maximum atomic E-state index is 11.5.